The van der Waals surface area contributed by atoms with Crippen LogP contribution in [0, 0.1) is 0 Å². The van der Waals surface area contributed by atoms with Crippen molar-refractivity contribution in [1.82, 2.24) is 0 Å². The van der Waals surface area contributed by atoms with Gasteiger partial charge in [0.1, 0.15) is 12.7 Å². The molecule has 0 aromatic heterocycles. The van der Waals surface area contributed by atoms with Crippen LogP contribution in [-0.2, 0) is 32.7 Å². The molecule has 0 aliphatic carbocycles. The fourth-order valence-corrected chi connectivity index (χ4v) is 5.37. The summed E-state index contributed by atoms with van der Waals surface area (Å²) in [6.07, 6.45) is 42.7. The van der Waals surface area contributed by atoms with E-state index in [0.29, 0.717) is 12.8 Å². The fourth-order valence-electron chi connectivity index (χ4n) is 4.58. The van der Waals surface area contributed by atoms with Crippen LogP contribution in [0.15, 0.2) is 85.1 Å². The Balaban J connectivity index is 4.48. The molecule has 0 spiro atoms. The molecule has 3 N–H and O–H groups in total. The summed E-state index contributed by atoms with van der Waals surface area (Å²) in [5.74, 6) is -1.00. The number of aliphatic hydroxyl groups is 2. The third-order valence-corrected chi connectivity index (χ3v) is 8.50. The van der Waals surface area contributed by atoms with E-state index in [4.69, 9.17) is 19.1 Å². The number of phosphoric ester groups is 1. The van der Waals surface area contributed by atoms with E-state index in [2.05, 4.69) is 103 Å². The summed E-state index contributed by atoms with van der Waals surface area (Å²) in [5.41, 5.74) is 0. The third-order valence-electron chi connectivity index (χ3n) is 7.54. The number of aliphatic hydroxyl groups excluding tert-OH is 2. The molecule has 53 heavy (non-hydrogen) atoms. The highest BCUT2D eigenvalue weighted by Gasteiger charge is 2.27. The molecule has 0 radical (unpaired) electrons. The minimum absolute atomic E-state index is 0.123. The average molecular weight is 765 g/mol. The third kappa shape index (κ3) is 37.3. The molecule has 10 nitrogen and oxygen atoms in total. The van der Waals surface area contributed by atoms with Crippen molar-refractivity contribution in [1.29, 1.82) is 0 Å². The smallest absolute Gasteiger partial charge is 0.462 e. The zero-order valence-corrected chi connectivity index (χ0v) is 33.3. The molecule has 0 amide bonds. The minimum atomic E-state index is -4.63. The first-order chi connectivity index (χ1) is 25.7. The van der Waals surface area contributed by atoms with E-state index in [1.807, 2.05) is 0 Å². The predicted octanol–water partition coefficient (Wildman–Crippen LogP) is 9.88. The quantitative estimate of drug-likeness (QED) is 0.0246. The van der Waals surface area contributed by atoms with Gasteiger partial charge in [0.05, 0.1) is 19.8 Å². The number of carbonyl (C=O) groups is 2. The Morgan fingerprint density at radius 2 is 0.981 bits per heavy atom. The molecular formula is C42H69O10P. The van der Waals surface area contributed by atoms with Gasteiger partial charge < -0.3 is 24.6 Å². The minimum Gasteiger partial charge on any atom is -0.462 e. The van der Waals surface area contributed by atoms with Gasteiger partial charge in [-0.25, -0.2) is 4.57 Å². The van der Waals surface area contributed by atoms with Crippen molar-refractivity contribution in [3.05, 3.63) is 85.1 Å². The van der Waals surface area contributed by atoms with Crippen LogP contribution in [0.1, 0.15) is 129 Å². The second kappa shape index (κ2) is 37.5. The van der Waals surface area contributed by atoms with Crippen molar-refractivity contribution < 1.29 is 47.8 Å². The number of rotatable bonds is 35. The number of unbranched alkanes of at least 4 members (excludes halogenated alkanes) is 7. The molecule has 1 unspecified atom stereocenters. The number of ether oxygens (including phenoxy) is 2. The molecular weight excluding hydrogens is 695 g/mol. The lowest BCUT2D eigenvalue weighted by atomic mass is 10.1. The van der Waals surface area contributed by atoms with Crippen molar-refractivity contribution in [3.8, 4) is 0 Å². The van der Waals surface area contributed by atoms with Crippen LogP contribution in [0.4, 0.5) is 0 Å². The standard InChI is InChI=1S/C42H69O10P/c1-3-5-7-9-11-13-15-17-19-21-23-25-27-29-31-33-41(45)49-37-40(38-51-53(47,48)50-36-39(44)35-43)52-42(46)34-32-30-28-26-24-22-20-18-16-14-12-10-8-6-4-2/h5-8,11-14,17-20,24,26,39-40,43-44H,3-4,9-10,15-16,21-23,25,27-38H2,1-2H3,(H,47,48)/b7-5-,8-6-,13-11-,14-12-,19-17-,20-18-,26-24-/t39-,40+/m0/s1. The molecule has 11 heteroatoms. The Kier molecular flexibility index (Phi) is 35.5. The molecule has 0 aromatic carbocycles. The Hall–Kier alpha value is -2.85. The summed E-state index contributed by atoms with van der Waals surface area (Å²) in [6, 6.07) is 0. The normalized spacial score (nSPS) is 14.9. The molecule has 0 aliphatic rings. The second-order valence-corrected chi connectivity index (χ2v) is 14.0. The summed E-state index contributed by atoms with van der Waals surface area (Å²) in [6.45, 7) is 2.05. The van der Waals surface area contributed by atoms with Gasteiger partial charge in [0.25, 0.3) is 0 Å². The second-order valence-electron chi connectivity index (χ2n) is 12.5. The van der Waals surface area contributed by atoms with Gasteiger partial charge in [0.2, 0.25) is 0 Å². The van der Waals surface area contributed by atoms with Crippen molar-refractivity contribution in [3.63, 3.8) is 0 Å². The van der Waals surface area contributed by atoms with Crippen LogP contribution in [0.2, 0.25) is 0 Å². The zero-order valence-electron chi connectivity index (χ0n) is 32.4. The van der Waals surface area contributed by atoms with E-state index in [-0.39, 0.29) is 19.4 Å². The van der Waals surface area contributed by atoms with Gasteiger partial charge in [-0.3, -0.25) is 18.6 Å². The van der Waals surface area contributed by atoms with Crippen LogP contribution in [0.25, 0.3) is 0 Å². The highest BCUT2D eigenvalue weighted by Crippen LogP contribution is 2.43. The van der Waals surface area contributed by atoms with Crippen molar-refractivity contribution >= 4 is 19.8 Å². The van der Waals surface area contributed by atoms with Gasteiger partial charge in [-0.2, -0.15) is 0 Å². The Labute approximate surface area is 320 Å². The lowest BCUT2D eigenvalue weighted by Gasteiger charge is -2.20. The van der Waals surface area contributed by atoms with E-state index in [0.717, 1.165) is 89.9 Å². The van der Waals surface area contributed by atoms with E-state index < -0.39 is 51.8 Å². The maximum Gasteiger partial charge on any atom is 0.472 e. The van der Waals surface area contributed by atoms with Crippen LogP contribution in [0.3, 0.4) is 0 Å². The molecule has 302 valence electrons. The number of hydrogen-bond acceptors (Lipinski definition) is 9. The predicted molar refractivity (Wildman–Crippen MR) is 214 cm³/mol. The molecule has 0 rings (SSSR count). The number of carbonyl (C=O) groups excluding carboxylic acids is 2. The maximum atomic E-state index is 12.6. The monoisotopic (exact) mass is 764 g/mol. The lowest BCUT2D eigenvalue weighted by Crippen LogP contribution is -2.29. The number of allylic oxidation sites excluding steroid dienone is 14. The van der Waals surface area contributed by atoms with Crippen LogP contribution in [0.5, 0.6) is 0 Å². The molecule has 0 heterocycles. The van der Waals surface area contributed by atoms with Crippen molar-refractivity contribution in [2.24, 2.45) is 0 Å². The maximum absolute atomic E-state index is 12.6. The van der Waals surface area contributed by atoms with Gasteiger partial charge in [0, 0.05) is 12.8 Å². The van der Waals surface area contributed by atoms with Crippen LogP contribution in [-0.4, -0.2) is 65.7 Å². The molecule has 0 aliphatic heterocycles. The van der Waals surface area contributed by atoms with Crippen LogP contribution >= 0.6 is 7.82 Å². The van der Waals surface area contributed by atoms with Gasteiger partial charge in [0.15, 0.2) is 6.10 Å². The first-order valence-corrected chi connectivity index (χ1v) is 21.0. The largest absolute Gasteiger partial charge is 0.472 e. The van der Waals surface area contributed by atoms with E-state index in [1.165, 1.54) is 0 Å². The summed E-state index contributed by atoms with van der Waals surface area (Å²) in [4.78, 5) is 34.9. The molecule has 0 fully saturated rings. The van der Waals surface area contributed by atoms with Gasteiger partial charge in [-0.15, -0.1) is 0 Å². The number of esters is 2. The van der Waals surface area contributed by atoms with Gasteiger partial charge in [-0.05, 0) is 83.5 Å². The first kappa shape index (κ1) is 50.1. The average Bonchev–Trinajstić information content (AvgIpc) is 3.14. The molecule has 0 aromatic rings. The zero-order chi connectivity index (χ0) is 39.1. The first-order valence-electron chi connectivity index (χ1n) is 19.5. The fraction of sp³-hybridized carbons (Fsp3) is 0.619. The molecule has 3 atom stereocenters. The number of hydrogen-bond donors (Lipinski definition) is 3. The summed E-state index contributed by atoms with van der Waals surface area (Å²) < 4.78 is 32.6. The highest BCUT2D eigenvalue weighted by molar-refractivity contribution is 7.47. The van der Waals surface area contributed by atoms with Crippen molar-refractivity contribution in [2.75, 3.05) is 26.4 Å². The SMILES string of the molecule is CC/C=C\C/C=C\C/C=C\C/C=C\CCCCC(=O)O[C@H](COC(=O)CCCCCCC/C=C\C/C=C\C/C=C\CC)COP(=O)(O)OC[C@@H](O)CO. The summed E-state index contributed by atoms with van der Waals surface area (Å²) in [5, 5.41) is 18.3. The molecule has 0 saturated heterocycles. The molecule has 0 bridgehead atoms. The summed E-state index contributed by atoms with van der Waals surface area (Å²) in [7, 11) is -4.63. The van der Waals surface area contributed by atoms with Gasteiger partial charge >= 0.3 is 19.8 Å². The molecule has 0 saturated carbocycles. The summed E-state index contributed by atoms with van der Waals surface area (Å²) >= 11 is 0. The number of phosphoric acid groups is 1. The van der Waals surface area contributed by atoms with E-state index >= 15 is 0 Å². The lowest BCUT2D eigenvalue weighted by molar-refractivity contribution is -0.161. The van der Waals surface area contributed by atoms with Gasteiger partial charge in [-0.1, -0.05) is 118 Å². The Morgan fingerprint density at radius 1 is 0.566 bits per heavy atom. The topological polar surface area (TPSA) is 149 Å². The Morgan fingerprint density at radius 3 is 1.51 bits per heavy atom. The highest BCUT2D eigenvalue weighted by atomic mass is 31.2. The van der Waals surface area contributed by atoms with E-state index in [9.17, 15) is 24.2 Å². The van der Waals surface area contributed by atoms with E-state index in [1.54, 1.807) is 0 Å². The Bertz CT molecular complexity index is 1150. The van der Waals surface area contributed by atoms with Crippen molar-refractivity contribution in [2.45, 2.75) is 142 Å². The van der Waals surface area contributed by atoms with Crippen LogP contribution < -0.4 is 0 Å².